The Morgan fingerprint density at radius 2 is 1.95 bits per heavy atom. The number of piperazine rings is 1. The van der Waals surface area contributed by atoms with Crippen molar-refractivity contribution in [3.8, 4) is 5.75 Å². The Kier molecular flexibility index (Phi) is 8.32. The van der Waals surface area contributed by atoms with Gasteiger partial charge in [-0.25, -0.2) is 14.4 Å². The van der Waals surface area contributed by atoms with E-state index in [1.54, 1.807) is 41.7 Å². The molecule has 3 heterocycles. The molecule has 1 N–H and O–H groups in total. The third-order valence-corrected chi connectivity index (χ3v) is 8.68. The first-order valence-electron chi connectivity index (χ1n) is 13.8. The van der Waals surface area contributed by atoms with Crippen LogP contribution in [0.2, 0.25) is 5.02 Å². The van der Waals surface area contributed by atoms with Gasteiger partial charge in [-0.3, -0.25) is 4.79 Å². The molecule has 0 bridgehead atoms. The lowest BCUT2D eigenvalue weighted by Crippen LogP contribution is -2.48. The molecule has 0 saturated carbocycles. The van der Waals surface area contributed by atoms with E-state index in [1.165, 1.54) is 18.5 Å². The normalized spacial score (nSPS) is 14.2. The van der Waals surface area contributed by atoms with Crippen molar-refractivity contribution in [2.45, 2.75) is 13.5 Å². The van der Waals surface area contributed by atoms with Crippen molar-refractivity contribution in [3.63, 3.8) is 0 Å². The number of hydrogen-bond acceptors (Lipinski definition) is 7. The van der Waals surface area contributed by atoms with Crippen LogP contribution in [-0.4, -0.2) is 58.4 Å². The number of carbonyl (C=O) groups excluding carboxylic acids is 1. The summed E-state index contributed by atoms with van der Waals surface area (Å²) in [7, 11) is 0. The zero-order valence-electron chi connectivity index (χ0n) is 23.0. The number of amides is 1. The van der Waals surface area contributed by atoms with Gasteiger partial charge in [0.1, 0.15) is 35.1 Å². The minimum atomic E-state index is -0.307. The molecule has 1 amide bonds. The Balaban J connectivity index is 1.17. The third kappa shape index (κ3) is 6.23. The van der Waals surface area contributed by atoms with Crippen LogP contribution in [0.25, 0.3) is 26.4 Å². The first kappa shape index (κ1) is 28.1. The van der Waals surface area contributed by atoms with Crippen LogP contribution in [0.3, 0.4) is 0 Å². The van der Waals surface area contributed by atoms with Crippen molar-refractivity contribution in [2.24, 2.45) is 0 Å². The molecule has 10 heteroatoms. The predicted octanol–water partition coefficient (Wildman–Crippen LogP) is 7.14. The number of thiophene rings is 1. The first-order chi connectivity index (χ1) is 20.5. The van der Waals surface area contributed by atoms with Gasteiger partial charge in [-0.2, -0.15) is 0 Å². The number of halogens is 2. The van der Waals surface area contributed by atoms with Crippen molar-refractivity contribution in [3.05, 3.63) is 95.0 Å². The predicted molar refractivity (Wildman–Crippen MR) is 168 cm³/mol. The maximum atomic E-state index is 13.5. The van der Waals surface area contributed by atoms with Crippen molar-refractivity contribution < 1.29 is 13.9 Å². The fourth-order valence-electron chi connectivity index (χ4n) is 5.00. The molecule has 0 spiro atoms. The minimum Gasteiger partial charge on any atom is -0.487 e. The molecule has 42 heavy (non-hydrogen) atoms. The largest absolute Gasteiger partial charge is 0.487 e. The van der Waals surface area contributed by atoms with Gasteiger partial charge in [0.25, 0.3) is 0 Å². The molecule has 214 valence electrons. The molecular formula is C32H29ClFN5O2S. The van der Waals surface area contributed by atoms with Crippen LogP contribution in [0.15, 0.2) is 73.1 Å². The fraction of sp³-hybridized carbons (Fsp3) is 0.219. The highest BCUT2D eigenvalue weighted by Gasteiger charge is 2.18. The fourth-order valence-corrected chi connectivity index (χ4v) is 6.33. The molecule has 5 aromatic rings. The van der Waals surface area contributed by atoms with Crippen LogP contribution in [-0.2, 0) is 11.4 Å². The lowest BCUT2D eigenvalue weighted by Gasteiger charge is -2.33. The van der Waals surface area contributed by atoms with Gasteiger partial charge < -0.3 is 19.9 Å². The van der Waals surface area contributed by atoms with Crippen LogP contribution in [0.5, 0.6) is 5.75 Å². The molecule has 0 aliphatic carbocycles. The van der Waals surface area contributed by atoms with Crippen LogP contribution in [0.4, 0.5) is 15.9 Å². The van der Waals surface area contributed by atoms with Crippen molar-refractivity contribution in [1.82, 2.24) is 19.8 Å². The maximum Gasteiger partial charge on any atom is 0.246 e. The zero-order valence-corrected chi connectivity index (χ0v) is 24.6. The summed E-state index contributed by atoms with van der Waals surface area (Å²) >= 11 is 8.09. The molecule has 1 saturated heterocycles. The van der Waals surface area contributed by atoms with E-state index in [1.807, 2.05) is 29.2 Å². The Labute approximate surface area is 252 Å². The van der Waals surface area contributed by atoms with Gasteiger partial charge in [-0.15, -0.1) is 11.3 Å². The number of ether oxygens (including phenoxy) is 1. The number of carbonyl (C=O) groups is 1. The molecule has 2 aromatic heterocycles. The van der Waals surface area contributed by atoms with Crippen molar-refractivity contribution in [2.75, 3.05) is 38.0 Å². The van der Waals surface area contributed by atoms with E-state index < -0.39 is 0 Å². The number of rotatable bonds is 8. The maximum absolute atomic E-state index is 13.5. The van der Waals surface area contributed by atoms with E-state index in [0.717, 1.165) is 69.8 Å². The van der Waals surface area contributed by atoms with Crippen molar-refractivity contribution in [1.29, 1.82) is 0 Å². The van der Waals surface area contributed by atoms with E-state index >= 15 is 0 Å². The van der Waals surface area contributed by atoms with E-state index in [-0.39, 0.29) is 18.3 Å². The van der Waals surface area contributed by atoms with Gasteiger partial charge in [0, 0.05) is 48.0 Å². The second-order valence-corrected chi connectivity index (χ2v) is 11.5. The SMILES string of the molecule is CCN1CCN(C(=O)/C=C/c2ccc3c(c2)sc2ncnc(Nc4ccc(OCc5cccc(F)c5)c(Cl)c4)c23)CC1. The van der Waals surface area contributed by atoms with Crippen LogP contribution in [0.1, 0.15) is 18.1 Å². The second-order valence-electron chi connectivity index (χ2n) is 10.0. The summed E-state index contributed by atoms with van der Waals surface area (Å²) in [5, 5.41) is 5.74. The molecule has 0 unspecified atom stereocenters. The number of nitrogens with one attached hydrogen (secondary N) is 1. The standard InChI is InChI=1S/C32H29ClFN5O2S/c1-2-38-12-14-39(15-13-38)29(40)11-7-21-6-9-25-28(17-21)42-32-30(25)31(35-20-36-32)37-24-8-10-27(26(33)18-24)41-19-22-4-3-5-23(34)16-22/h3-11,16-18,20H,2,12-15,19H2,1H3,(H,35,36,37)/b11-7+. The van der Waals surface area contributed by atoms with E-state index in [4.69, 9.17) is 16.3 Å². The molecule has 6 rings (SSSR count). The summed E-state index contributed by atoms with van der Waals surface area (Å²) in [6, 6.07) is 17.8. The molecular weight excluding hydrogens is 573 g/mol. The average Bonchev–Trinajstić information content (AvgIpc) is 3.38. The Morgan fingerprint density at radius 1 is 1.10 bits per heavy atom. The molecule has 1 aliphatic rings. The smallest absolute Gasteiger partial charge is 0.246 e. The first-order valence-corrected chi connectivity index (χ1v) is 15.0. The number of nitrogens with zero attached hydrogens (tertiary/aromatic N) is 4. The molecule has 0 radical (unpaired) electrons. The van der Waals surface area contributed by atoms with Crippen LogP contribution >= 0.6 is 22.9 Å². The van der Waals surface area contributed by atoms with Gasteiger partial charge in [0.05, 0.1) is 10.4 Å². The summed E-state index contributed by atoms with van der Waals surface area (Å²) in [6.07, 6.45) is 5.08. The third-order valence-electron chi connectivity index (χ3n) is 7.32. The summed E-state index contributed by atoms with van der Waals surface area (Å²) < 4.78 is 20.3. The molecule has 1 aliphatic heterocycles. The molecule has 3 aromatic carbocycles. The molecule has 7 nitrogen and oxygen atoms in total. The average molecular weight is 602 g/mol. The summed E-state index contributed by atoms with van der Waals surface area (Å²) in [4.78, 5) is 26.8. The Hall–Kier alpha value is -4.05. The lowest BCUT2D eigenvalue weighted by atomic mass is 10.1. The van der Waals surface area contributed by atoms with E-state index in [9.17, 15) is 9.18 Å². The number of benzene rings is 3. The van der Waals surface area contributed by atoms with Crippen LogP contribution in [0, 0.1) is 5.82 Å². The topological polar surface area (TPSA) is 70.6 Å². The quantitative estimate of drug-likeness (QED) is 0.191. The van der Waals surface area contributed by atoms with Gasteiger partial charge in [0.15, 0.2) is 0 Å². The lowest BCUT2D eigenvalue weighted by molar-refractivity contribution is -0.127. The van der Waals surface area contributed by atoms with Gasteiger partial charge in [-0.05, 0) is 60.1 Å². The monoisotopic (exact) mass is 601 g/mol. The highest BCUT2D eigenvalue weighted by atomic mass is 35.5. The number of hydrogen-bond donors (Lipinski definition) is 1. The Bertz CT molecular complexity index is 1780. The Morgan fingerprint density at radius 3 is 2.74 bits per heavy atom. The summed E-state index contributed by atoms with van der Waals surface area (Å²) in [5.41, 5.74) is 2.42. The van der Waals surface area contributed by atoms with Gasteiger partial charge in [0.2, 0.25) is 5.91 Å². The van der Waals surface area contributed by atoms with Gasteiger partial charge in [-0.1, -0.05) is 42.8 Å². The molecule has 1 fully saturated rings. The van der Waals surface area contributed by atoms with E-state index in [2.05, 4.69) is 33.2 Å². The second kappa shape index (κ2) is 12.4. The molecule has 0 atom stereocenters. The zero-order chi connectivity index (χ0) is 29.1. The highest BCUT2D eigenvalue weighted by Crippen LogP contribution is 2.38. The van der Waals surface area contributed by atoms with Crippen molar-refractivity contribution >= 4 is 66.7 Å². The number of fused-ring (bicyclic) bond motifs is 3. The minimum absolute atomic E-state index is 0.0450. The van der Waals surface area contributed by atoms with Crippen LogP contribution < -0.4 is 10.1 Å². The van der Waals surface area contributed by atoms with Gasteiger partial charge >= 0.3 is 0 Å². The highest BCUT2D eigenvalue weighted by molar-refractivity contribution is 7.25. The van der Waals surface area contributed by atoms with E-state index in [0.29, 0.717) is 16.6 Å². The summed E-state index contributed by atoms with van der Waals surface area (Å²) in [6.45, 7) is 6.73. The summed E-state index contributed by atoms with van der Waals surface area (Å²) in [5.74, 6) is 0.907. The number of anilines is 2. The number of likely N-dealkylation sites (N-methyl/N-ethyl adjacent to an activating group) is 1. The number of aromatic nitrogens is 2.